The molecule has 1 aromatic carbocycles. The van der Waals surface area contributed by atoms with Crippen LogP contribution in [0.4, 0.5) is 8.78 Å². The first kappa shape index (κ1) is 15.7. The minimum atomic E-state index is -0.804. The van der Waals surface area contributed by atoms with Crippen molar-refractivity contribution in [2.45, 2.75) is 19.9 Å². The smallest absolute Gasteiger partial charge is 0.238 e. The summed E-state index contributed by atoms with van der Waals surface area (Å²) in [6.07, 6.45) is 2.64. The molecule has 0 spiro atoms. The van der Waals surface area contributed by atoms with E-state index in [-0.39, 0.29) is 16.7 Å². The van der Waals surface area contributed by atoms with Crippen molar-refractivity contribution in [2.75, 3.05) is 6.54 Å². The van der Waals surface area contributed by atoms with Crippen LogP contribution < -0.4 is 10.1 Å². The lowest BCUT2D eigenvalue weighted by Crippen LogP contribution is -2.13. The van der Waals surface area contributed by atoms with E-state index in [0.717, 1.165) is 30.7 Å². The lowest BCUT2D eigenvalue weighted by Gasteiger charge is -2.09. The molecule has 0 aliphatic rings. The van der Waals surface area contributed by atoms with Gasteiger partial charge in [-0.2, -0.15) is 0 Å². The Hall–Kier alpha value is -1.72. The molecule has 21 heavy (non-hydrogen) atoms. The van der Waals surface area contributed by atoms with Gasteiger partial charge in [0, 0.05) is 18.8 Å². The molecule has 0 aliphatic carbocycles. The second-order valence-corrected chi connectivity index (χ2v) is 4.89. The van der Waals surface area contributed by atoms with Crippen molar-refractivity contribution in [3.63, 3.8) is 0 Å². The van der Waals surface area contributed by atoms with Crippen LogP contribution in [0.25, 0.3) is 0 Å². The van der Waals surface area contributed by atoms with E-state index in [1.165, 1.54) is 6.07 Å². The van der Waals surface area contributed by atoms with Gasteiger partial charge < -0.3 is 10.1 Å². The standard InChI is InChI=1S/C15H15ClF2N2O/c1-2-5-19-8-10-6-12(16)15(20-9-10)21-14-4-3-11(17)7-13(14)18/h3-4,6-7,9,19H,2,5,8H2,1H3. The summed E-state index contributed by atoms with van der Waals surface area (Å²) in [4.78, 5) is 4.06. The summed E-state index contributed by atoms with van der Waals surface area (Å²) < 4.78 is 31.6. The predicted molar refractivity (Wildman–Crippen MR) is 77.7 cm³/mol. The maximum Gasteiger partial charge on any atom is 0.238 e. The van der Waals surface area contributed by atoms with Crippen molar-refractivity contribution in [2.24, 2.45) is 0 Å². The SMILES string of the molecule is CCCNCc1cnc(Oc2ccc(F)cc2F)c(Cl)c1. The normalized spacial score (nSPS) is 10.7. The Morgan fingerprint density at radius 1 is 1.29 bits per heavy atom. The molecule has 0 amide bonds. The van der Waals surface area contributed by atoms with Crippen LogP contribution in [0.2, 0.25) is 5.02 Å². The van der Waals surface area contributed by atoms with Gasteiger partial charge in [0.2, 0.25) is 5.88 Å². The molecule has 1 N–H and O–H groups in total. The third-order valence-corrected chi connectivity index (χ3v) is 2.99. The van der Waals surface area contributed by atoms with E-state index in [1.54, 1.807) is 12.3 Å². The van der Waals surface area contributed by atoms with Crippen molar-refractivity contribution in [3.8, 4) is 11.6 Å². The maximum absolute atomic E-state index is 13.5. The van der Waals surface area contributed by atoms with Gasteiger partial charge in [-0.1, -0.05) is 18.5 Å². The van der Waals surface area contributed by atoms with E-state index in [0.29, 0.717) is 6.54 Å². The van der Waals surface area contributed by atoms with E-state index in [2.05, 4.69) is 17.2 Å². The highest BCUT2D eigenvalue weighted by molar-refractivity contribution is 6.31. The van der Waals surface area contributed by atoms with E-state index in [4.69, 9.17) is 16.3 Å². The zero-order valence-corrected chi connectivity index (χ0v) is 12.3. The molecule has 3 nitrogen and oxygen atoms in total. The molecule has 2 rings (SSSR count). The second-order valence-electron chi connectivity index (χ2n) is 4.48. The fraction of sp³-hybridized carbons (Fsp3) is 0.267. The minimum absolute atomic E-state index is 0.0846. The average Bonchev–Trinajstić information content (AvgIpc) is 2.44. The van der Waals surface area contributed by atoms with Gasteiger partial charge in [0.1, 0.15) is 10.8 Å². The molecule has 2 aromatic rings. The minimum Gasteiger partial charge on any atom is -0.434 e. The first-order chi connectivity index (χ1) is 10.1. The fourth-order valence-corrected chi connectivity index (χ4v) is 1.94. The summed E-state index contributed by atoms with van der Waals surface area (Å²) in [5.41, 5.74) is 0.903. The van der Waals surface area contributed by atoms with Crippen LogP contribution in [0, 0.1) is 11.6 Å². The van der Waals surface area contributed by atoms with Crippen molar-refractivity contribution >= 4 is 11.6 Å². The van der Waals surface area contributed by atoms with Crippen LogP contribution in [-0.2, 0) is 6.54 Å². The molecule has 6 heteroatoms. The van der Waals surface area contributed by atoms with E-state index in [1.807, 2.05) is 0 Å². The van der Waals surface area contributed by atoms with Gasteiger partial charge in [-0.25, -0.2) is 13.8 Å². The largest absolute Gasteiger partial charge is 0.434 e. The Morgan fingerprint density at radius 3 is 2.76 bits per heavy atom. The molecule has 0 atom stereocenters. The Kier molecular flexibility index (Phi) is 5.47. The number of halogens is 3. The monoisotopic (exact) mass is 312 g/mol. The molecule has 0 radical (unpaired) electrons. The molecule has 112 valence electrons. The number of ether oxygens (including phenoxy) is 1. The van der Waals surface area contributed by atoms with Crippen molar-refractivity contribution in [3.05, 3.63) is 52.7 Å². The highest BCUT2D eigenvalue weighted by Gasteiger charge is 2.10. The highest BCUT2D eigenvalue weighted by atomic mass is 35.5. The second kappa shape index (κ2) is 7.33. The Bertz CT molecular complexity index is 623. The lowest BCUT2D eigenvalue weighted by atomic mass is 10.3. The van der Waals surface area contributed by atoms with Gasteiger partial charge in [0.05, 0.1) is 0 Å². The van der Waals surface area contributed by atoms with Crippen LogP contribution in [0.3, 0.4) is 0 Å². The van der Waals surface area contributed by atoms with Gasteiger partial charge in [0.15, 0.2) is 11.6 Å². The van der Waals surface area contributed by atoms with Crippen molar-refractivity contribution in [1.82, 2.24) is 10.3 Å². The van der Waals surface area contributed by atoms with E-state index < -0.39 is 11.6 Å². The Morgan fingerprint density at radius 2 is 2.10 bits per heavy atom. The van der Waals surface area contributed by atoms with Gasteiger partial charge in [-0.05, 0) is 36.7 Å². The van der Waals surface area contributed by atoms with Crippen LogP contribution in [0.15, 0.2) is 30.5 Å². The zero-order valence-electron chi connectivity index (χ0n) is 11.5. The third kappa shape index (κ3) is 4.37. The summed E-state index contributed by atoms with van der Waals surface area (Å²) in [7, 11) is 0. The molecule has 0 fully saturated rings. The molecule has 0 unspecified atom stereocenters. The molecular weight excluding hydrogens is 298 g/mol. The number of nitrogens with zero attached hydrogens (tertiary/aromatic N) is 1. The number of aromatic nitrogens is 1. The lowest BCUT2D eigenvalue weighted by molar-refractivity contribution is 0.423. The molecule has 1 heterocycles. The molecule has 1 aromatic heterocycles. The number of hydrogen-bond acceptors (Lipinski definition) is 3. The predicted octanol–water partition coefficient (Wildman–Crippen LogP) is 4.31. The summed E-state index contributed by atoms with van der Waals surface area (Å²) in [6.45, 7) is 3.62. The number of pyridine rings is 1. The molecular formula is C15H15ClF2N2O. The van der Waals surface area contributed by atoms with Crippen molar-refractivity contribution < 1.29 is 13.5 Å². The summed E-state index contributed by atoms with van der Waals surface area (Å²) in [5, 5.41) is 3.49. The number of hydrogen-bond donors (Lipinski definition) is 1. The number of rotatable bonds is 6. The van der Waals surface area contributed by atoms with Gasteiger partial charge in [-0.3, -0.25) is 0 Å². The fourth-order valence-electron chi connectivity index (χ4n) is 1.71. The van der Waals surface area contributed by atoms with Crippen molar-refractivity contribution in [1.29, 1.82) is 0 Å². The van der Waals surface area contributed by atoms with E-state index in [9.17, 15) is 8.78 Å². The molecule has 0 saturated carbocycles. The summed E-state index contributed by atoms with van der Waals surface area (Å²) >= 11 is 6.06. The Balaban J connectivity index is 2.10. The molecule has 0 bridgehead atoms. The van der Waals surface area contributed by atoms with Crippen LogP contribution in [0.5, 0.6) is 11.6 Å². The third-order valence-electron chi connectivity index (χ3n) is 2.72. The topological polar surface area (TPSA) is 34.2 Å². The van der Waals surface area contributed by atoms with E-state index >= 15 is 0 Å². The van der Waals surface area contributed by atoms with Crippen LogP contribution in [0.1, 0.15) is 18.9 Å². The van der Waals surface area contributed by atoms with Gasteiger partial charge >= 0.3 is 0 Å². The molecule has 0 saturated heterocycles. The Labute approximate surface area is 126 Å². The maximum atomic E-state index is 13.5. The molecule has 0 aliphatic heterocycles. The average molecular weight is 313 g/mol. The summed E-state index contributed by atoms with van der Waals surface area (Å²) in [6, 6.07) is 4.75. The van der Waals surface area contributed by atoms with Crippen LogP contribution >= 0.6 is 11.6 Å². The first-order valence-corrected chi connectivity index (χ1v) is 6.96. The van der Waals surface area contributed by atoms with Gasteiger partial charge in [-0.15, -0.1) is 0 Å². The quantitative estimate of drug-likeness (QED) is 0.807. The highest BCUT2D eigenvalue weighted by Crippen LogP contribution is 2.29. The van der Waals surface area contributed by atoms with Crippen LogP contribution in [-0.4, -0.2) is 11.5 Å². The zero-order chi connectivity index (χ0) is 15.2. The number of benzene rings is 1. The van der Waals surface area contributed by atoms with Gasteiger partial charge in [0.25, 0.3) is 0 Å². The summed E-state index contributed by atoms with van der Waals surface area (Å²) in [5.74, 6) is -1.51. The number of nitrogens with one attached hydrogen (secondary N) is 1. The first-order valence-electron chi connectivity index (χ1n) is 6.58.